The second-order valence-electron chi connectivity index (χ2n) is 5.07. The maximum Gasteiger partial charge on any atom is 0.213 e. The van der Waals surface area contributed by atoms with Crippen molar-refractivity contribution in [2.45, 2.75) is 18.8 Å². The summed E-state index contributed by atoms with van der Waals surface area (Å²) in [6.45, 7) is 0. The van der Waals surface area contributed by atoms with Crippen molar-refractivity contribution in [2.75, 3.05) is 7.11 Å². The van der Waals surface area contributed by atoms with Gasteiger partial charge in [-0.1, -0.05) is 23.5 Å². The highest BCUT2D eigenvalue weighted by Gasteiger charge is 2.29. The average molecular weight is 299 g/mol. The summed E-state index contributed by atoms with van der Waals surface area (Å²) in [6, 6.07) is 7.56. The first-order valence-electron chi connectivity index (χ1n) is 6.80. The van der Waals surface area contributed by atoms with Gasteiger partial charge in [-0.15, -0.1) is 0 Å². The van der Waals surface area contributed by atoms with Crippen LogP contribution in [-0.4, -0.2) is 28.0 Å². The number of carbonyl (C=O) groups excluding carboxylic acids is 1. The van der Waals surface area contributed by atoms with Crippen LogP contribution < -0.4 is 4.74 Å². The minimum absolute atomic E-state index is 0.484. The number of rotatable bonds is 4. The normalized spacial score (nSPS) is 14.5. The van der Waals surface area contributed by atoms with Gasteiger partial charge in [0.15, 0.2) is 6.29 Å². The largest absolute Gasteiger partial charge is 0.496 e. The highest BCUT2D eigenvalue weighted by molar-refractivity contribution is 7.16. The van der Waals surface area contributed by atoms with Crippen molar-refractivity contribution < 1.29 is 9.53 Å². The zero-order valence-corrected chi connectivity index (χ0v) is 12.3. The number of hydrogen-bond donors (Lipinski definition) is 0. The first kappa shape index (κ1) is 12.5. The van der Waals surface area contributed by atoms with Crippen LogP contribution in [0.25, 0.3) is 16.2 Å². The van der Waals surface area contributed by atoms with Gasteiger partial charge in [0.05, 0.1) is 7.11 Å². The van der Waals surface area contributed by atoms with Crippen molar-refractivity contribution in [1.82, 2.24) is 14.6 Å². The molecule has 2 aromatic heterocycles. The third kappa shape index (κ3) is 1.94. The number of ether oxygens (including phenoxy) is 1. The second kappa shape index (κ2) is 4.66. The van der Waals surface area contributed by atoms with E-state index in [2.05, 4.69) is 10.1 Å². The standard InChI is InChI=1S/C15H13N3O2S/c1-20-12-5-3-2-4-10(12)13-11(8-19)18-15(16-13)21-14(17-18)9-6-7-9/h2-5,8-9H,6-7H2,1H3. The first-order valence-corrected chi connectivity index (χ1v) is 7.61. The van der Waals surface area contributed by atoms with E-state index in [0.29, 0.717) is 23.1 Å². The van der Waals surface area contributed by atoms with E-state index >= 15 is 0 Å². The summed E-state index contributed by atoms with van der Waals surface area (Å²) in [4.78, 5) is 16.9. The van der Waals surface area contributed by atoms with Crippen molar-refractivity contribution in [3.05, 3.63) is 35.0 Å². The molecule has 5 nitrogen and oxygen atoms in total. The summed E-state index contributed by atoms with van der Waals surface area (Å²) in [5, 5.41) is 5.62. The van der Waals surface area contributed by atoms with Crippen molar-refractivity contribution in [1.29, 1.82) is 0 Å². The van der Waals surface area contributed by atoms with Crippen molar-refractivity contribution in [3.8, 4) is 17.0 Å². The number of para-hydroxylation sites is 1. The van der Waals surface area contributed by atoms with Crippen LogP contribution in [0.3, 0.4) is 0 Å². The molecule has 4 rings (SSSR count). The van der Waals surface area contributed by atoms with E-state index in [-0.39, 0.29) is 0 Å². The Morgan fingerprint density at radius 2 is 2.19 bits per heavy atom. The molecule has 0 unspecified atom stereocenters. The molecule has 3 aromatic rings. The number of benzene rings is 1. The predicted octanol–water partition coefficient (Wildman–Crippen LogP) is 3.16. The van der Waals surface area contributed by atoms with E-state index in [4.69, 9.17) is 4.74 Å². The van der Waals surface area contributed by atoms with Gasteiger partial charge in [0.25, 0.3) is 0 Å². The zero-order valence-electron chi connectivity index (χ0n) is 11.4. The molecule has 0 amide bonds. The topological polar surface area (TPSA) is 56.5 Å². The summed E-state index contributed by atoms with van der Waals surface area (Å²) in [7, 11) is 1.61. The van der Waals surface area contributed by atoms with Gasteiger partial charge >= 0.3 is 0 Å². The van der Waals surface area contributed by atoms with Gasteiger partial charge in [0.2, 0.25) is 4.96 Å². The molecule has 1 aliphatic rings. The van der Waals surface area contributed by atoms with Crippen LogP contribution in [0.15, 0.2) is 24.3 Å². The van der Waals surface area contributed by atoms with Gasteiger partial charge in [0, 0.05) is 11.5 Å². The Morgan fingerprint density at radius 1 is 1.38 bits per heavy atom. The minimum atomic E-state index is 0.484. The summed E-state index contributed by atoms with van der Waals surface area (Å²) >= 11 is 1.57. The number of methoxy groups -OCH3 is 1. The molecule has 0 bridgehead atoms. The molecular weight excluding hydrogens is 286 g/mol. The number of hydrogen-bond acceptors (Lipinski definition) is 5. The van der Waals surface area contributed by atoms with Gasteiger partial charge in [-0.05, 0) is 25.0 Å². The molecule has 0 N–H and O–H groups in total. The molecule has 6 heteroatoms. The Kier molecular flexibility index (Phi) is 2.78. The van der Waals surface area contributed by atoms with E-state index in [1.807, 2.05) is 24.3 Å². The molecule has 1 aromatic carbocycles. The molecule has 1 saturated carbocycles. The number of imidazole rings is 1. The SMILES string of the molecule is COc1ccccc1-c1nc2sc(C3CC3)nn2c1C=O. The number of carbonyl (C=O) groups is 1. The minimum Gasteiger partial charge on any atom is -0.496 e. The van der Waals surface area contributed by atoms with Crippen LogP contribution in [0.4, 0.5) is 0 Å². The maximum absolute atomic E-state index is 11.5. The van der Waals surface area contributed by atoms with E-state index in [1.165, 1.54) is 12.8 Å². The van der Waals surface area contributed by atoms with Crippen LogP contribution in [0.5, 0.6) is 5.75 Å². The van der Waals surface area contributed by atoms with Crippen LogP contribution in [0, 0.1) is 0 Å². The Morgan fingerprint density at radius 3 is 2.90 bits per heavy atom. The Balaban J connectivity index is 1.92. The molecule has 1 fully saturated rings. The smallest absolute Gasteiger partial charge is 0.213 e. The van der Waals surface area contributed by atoms with Crippen molar-refractivity contribution in [3.63, 3.8) is 0 Å². The number of aromatic nitrogens is 3. The van der Waals surface area contributed by atoms with Gasteiger partial charge in [-0.3, -0.25) is 4.79 Å². The molecule has 0 saturated heterocycles. The lowest BCUT2D eigenvalue weighted by Crippen LogP contribution is -1.96. The Labute approximate surface area is 125 Å². The average Bonchev–Trinajstić information content (AvgIpc) is 3.20. The fourth-order valence-electron chi connectivity index (χ4n) is 2.42. The third-order valence-corrected chi connectivity index (χ3v) is 4.73. The summed E-state index contributed by atoms with van der Waals surface area (Å²) in [5.74, 6) is 1.26. The molecule has 21 heavy (non-hydrogen) atoms. The van der Waals surface area contributed by atoms with Gasteiger partial charge in [-0.25, -0.2) is 4.98 Å². The van der Waals surface area contributed by atoms with E-state index in [9.17, 15) is 4.79 Å². The zero-order chi connectivity index (χ0) is 14.4. The van der Waals surface area contributed by atoms with E-state index in [1.54, 1.807) is 23.0 Å². The number of aldehydes is 1. The summed E-state index contributed by atoms with van der Waals surface area (Å²) in [5.41, 5.74) is 1.92. The monoisotopic (exact) mass is 299 g/mol. The fraction of sp³-hybridized carbons (Fsp3) is 0.267. The van der Waals surface area contributed by atoms with Crippen LogP contribution in [-0.2, 0) is 0 Å². The van der Waals surface area contributed by atoms with Crippen molar-refractivity contribution >= 4 is 22.6 Å². The van der Waals surface area contributed by atoms with Crippen LogP contribution in [0.1, 0.15) is 34.3 Å². The molecule has 1 aliphatic carbocycles. The lowest BCUT2D eigenvalue weighted by molar-refractivity contribution is 0.111. The quantitative estimate of drug-likeness (QED) is 0.694. The molecule has 0 atom stereocenters. The third-order valence-electron chi connectivity index (χ3n) is 3.65. The lowest BCUT2D eigenvalue weighted by atomic mass is 10.1. The van der Waals surface area contributed by atoms with Crippen LogP contribution >= 0.6 is 11.3 Å². The number of nitrogens with zero attached hydrogens (tertiary/aromatic N) is 3. The highest BCUT2D eigenvalue weighted by atomic mass is 32.1. The summed E-state index contributed by atoms with van der Waals surface area (Å²) < 4.78 is 7.02. The second-order valence-corrected chi connectivity index (χ2v) is 6.06. The Hall–Kier alpha value is -2.21. The van der Waals surface area contributed by atoms with Crippen LogP contribution in [0.2, 0.25) is 0 Å². The predicted molar refractivity (Wildman–Crippen MR) is 80.2 cm³/mol. The molecule has 0 aliphatic heterocycles. The number of fused-ring (bicyclic) bond motifs is 1. The molecule has 0 spiro atoms. The Bertz CT molecular complexity index is 833. The molecular formula is C15H13N3O2S. The van der Waals surface area contributed by atoms with Gasteiger partial charge in [-0.2, -0.15) is 9.61 Å². The lowest BCUT2D eigenvalue weighted by Gasteiger charge is -2.05. The highest BCUT2D eigenvalue weighted by Crippen LogP contribution is 2.42. The summed E-state index contributed by atoms with van der Waals surface area (Å²) in [6.07, 6.45) is 3.19. The fourth-order valence-corrected chi connectivity index (χ4v) is 3.49. The van der Waals surface area contributed by atoms with Gasteiger partial charge < -0.3 is 4.74 Å². The van der Waals surface area contributed by atoms with E-state index < -0.39 is 0 Å². The molecule has 0 radical (unpaired) electrons. The van der Waals surface area contributed by atoms with Crippen molar-refractivity contribution in [2.24, 2.45) is 0 Å². The van der Waals surface area contributed by atoms with E-state index in [0.717, 1.165) is 21.8 Å². The molecule has 2 heterocycles. The first-order chi connectivity index (χ1) is 10.3. The maximum atomic E-state index is 11.5. The molecule has 106 valence electrons. The van der Waals surface area contributed by atoms with Gasteiger partial charge in [0.1, 0.15) is 22.1 Å².